The Morgan fingerprint density at radius 1 is 1.19 bits per heavy atom. The number of nitrogens with one attached hydrogen (secondary N) is 4. The number of halogens is 2. The van der Waals surface area contributed by atoms with E-state index in [1.807, 2.05) is 0 Å². The molecule has 3 aliphatic rings. The summed E-state index contributed by atoms with van der Waals surface area (Å²) in [7, 11) is 1.52. The van der Waals surface area contributed by atoms with Gasteiger partial charge < -0.3 is 21.1 Å². The molecule has 6 N–H and O–H groups in total. The minimum atomic E-state index is -1.20. The van der Waals surface area contributed by atoms with Gasteiger partial charge in [-0.15, -0.1) is 0 Å². The maximum atomic E-state index is 14.0. The average Bonchev–Trinajstić information content (AvgIpc) is 2.84. The smallest absolute Gasteiger partial charge is 0.225 e. The van der Waals surface area contributed by atoms with Gasteiger partial charge in [0.25, 0.3) is 0 Å². The molecule has 2 aliphatic carbocycles. The Bertz CT molecular complexity index is 754. The van der Waals surface area contributed by atoms with Crippen LogP contribution < -0.4 is 21.4 Å². The molecule has 0 aromatic heterocycles. The standard InChI is InChI=1S/C26H47F2N5O3/c1-25(2,3)17-6-5-7-18(11-17)26(14-30-24(33-36)31-15-26)32-13-22(34)21(23(35)29-4)10-16-8-19(27)12-20(28)9-16/h16-22,32,34,36H,5-15H2,1-4H3,(H,29,35)(H2,30,31,33). The number of rotatable bonds is 8. The molecule has 1 amide bonds. The number of amides is 1. The zero-order chi connectivity index (χ0) is 26.5. The van der Waals surface area contributed by atoms with E-state index in [9.17, 15) is 23.9 Å². The molecule has 1 aliphatic heterocycles. The van der Waals surface area contributed by atoms with Gasteiger partial charge in [0, 0.05) is 26.6 Å². The summed E-state index contributed by atoms with van der Waals surface area (Å²) in [5.74, 6) is -0.168. The average molecular weight is 516 g/mol. The molecular weight excluding hydrogens is 468 g/mol. The number of nitrogens with zero attached hydrogens (tertiary/aromatic N) is 1. The molecule has 7 unspecified atom stereocenters. The lowest BCUT2D eigenvalue weighted by Crippen LogP contribution is -2.66. The van der Waals surface area contributed by atoms with Crippen molar-refractivity contribution in [2.45, 2.75) is 96.1 Å². The molecule has 2 saturated carbocycles. The molecule has 8 nitrogen and oxygen atoms in total. The number of hydrogen-bond acceptors (Lipinski definition) is 7. The molecule has 0 saturated heterocycles. The van der Waals surface area contributed by atoms with Gasteiger partial charge in [0.2, 0.25) is 11.9 Å². The van der Waals surface area contributed by atoms with Crippen LogP contribution in [0.2, 0.25) is 0 Å². The normalized spacial score (nSPS) is 35.2. The van der Waals surface area contributed by atoms with Crippen LogP contribution in [0.4, 0.5) is 8.78 Å². The number of hydrogen-bond donors (Lipinski definition) is 6. The Hall–Kier alpha value is -1.52. The molecule has 0 radical (unpaired) electrons. The van der Waals surface area contributed by atoms with E-state index in [0.717, 1.165) is 19.3 Å². The molecule has 0 spiro atoms. The molecule has 208 valence electrons. The fourth-order valence-corrected chi connectivity index (χ4v) is 6.58. The first-order chi connectivity index (χ1) is 17.0. The second-order valence-electron chi connectivity index (χ2n) is 12.4. The third kappa shape index (κ3) is 7.28. The van der Waals surface area contributed by atoms with Crippen LogP contribution in [0.25, 0.3) is 0 Å². The van der Waals surface area contributed by atoms with Crippen molar-refractivity contribution >= 4 is 11.9 Å². The Kier molecular flexibility index (Phi) is 9.96. The Morgan fingerprint density at radius 2 is 1.89 bits per heavy atom. The monoisotopic (exact) mass is 515 g/mol. The van der Waals surface area contributed by atoms with Gasteiger partial charge in [-0.05, 0) is 61.7 Å². The number of alkyl halides is 2. The summed E-state index contributed by atoms with van der Waals surface area (Å²) in [5, 5.41) is 29.8. The Balaban J connectivity index is 1.73. The summed E-state index contributed by atoms with van der Waals surface area (Å²) in [6.07, 6.45) is 1.57. The van der Waals surface area contributed by atoms with Gasteiger partial charge >= 0.3 is 0 Å². The van der Waals surface area contributed by atoms with E-state index in [1.165, 1.54) is 13.5 Å². The molecule has 0 bridgehead atoms. The third-order valence-corrected chi connectivity index (χ3v) is 8.86. The van der Waals surface area contributed by atoms with Crippen molar-refractivity contribution in [1.29, 1.82) is 0 Å². The molecule has 10 heteroatoms. The number of hydroxylamine groups is 1. The lowest BCUT2D eigenvalue weighted by molar-refractivity contribution is -0.129. The van der Waals surface area contributed by atoms with Crippen LogP contribution in [0.5, 0.6) is 0 Å². The maximum absolute atomic E-state index is 14.0. The Labute approximate surface area is 214 Å². The summed E-state index contributed by atoms with van der Waals surface area (Å²) in [6.45, 7) is 7.94. The molecular formula is C26H47F2N5O3. The number of β-amino-alcohol motifs (C(OH)–C–C–N with tert-alkyl or cyclic N) is 1. The van der Waals surface area contributed by atoms with Crippen molar-refractivity contribution in [3.63, 3.8) is 0 Å². The summed E-state index contributed by atoms with van der Waals surface area (Å²) in [4.78, 5) is 17.2. The van der Waals surface area contributed by atoms with E-state index in [4.69, 9.17) is 0 Å². The van der Waals surface area contributed by atoms with Crippen LogP contribution in [0.3, 0.4) is 0 Å². The van der Waals surface area contributed by atoms with E-state index in [0.29, 0.717) is 30.9 Å². The second-order valence-corrected chi connectivity index (χ2v) is 12.4. The van der Waals surface area contributed by atoms with Gasteiger partial charge in [0.15, 0.2) is 0 Å². The number of aliphatic imine (C=N–C) groups is 1. The van der Waals surface area contributed by atoms with Gasteiger partial charge in [0.1, 0.15) is 12.3 Å². The van der Waals surface area contributed by atoms with E-state index in [1.54, 1.807) is 0 Å². The fraction of sp³-hybridized carbons (Fsp3) is 0.923. The first-order valence-corrected chi connectivity index (χ1v) is 13.6. The SMILES string of the molecule is CNC(=O)C(CC1CC(F)CC(F)C1)C(O)CNC1(C2CCCC(C(C)(C)C)C2)CN=C(NO)NC1. The zero-order valence-electron chi connectivity index (χ0n) is 22.3. The maximum Gasteiger partial charge on any atom is 0.225 e. The highest BCUT2D eigenvalue weighted by Gasteiger charge is 2.45. The quantitative estimate of drug-likeness (QED) is 0.277. The lowest BCUT2D eigenvalue weighted by atomic mass is 9.64. The summed E-state index contributed by atoms with van der Waals surface area (Å²) in [6, 6.07) is 0. The van der Waals surface area contributed by atoms with E-state index >= 15 is 0 Å². The van der Waals surface area contributed by atoms with Crippen LogP contribution in [-0.2, 0) is 4.79 Å². The topological polar surface area (TPSA) is 118 Å². The van der Waals surface area contributed by atoms with Crippen LogP contribution in [-0.4, -0.2) is 72.8 Å². The predicted octanol–water partition coefficient (Wildman–Crippen LogP) is 2.69. The van der Waals surface area contributed by atoms with Crippen molar-refractivity contribution < 1.29 is 23.9 Å². The van der Waals surface area contributed by atoms with Crippen molar-refractivity contribution in [1.82, 2.24) is 21.4 Å². The largest absolute Gasteiger partial charge is 0.391 e. The van der Waals surface area contributed by atoms with E-state index in [-0.39, 0.29) is 49.5 Å². The number of guanidine groups is 1. The summed E-state index contributed by atoms with van der Waals surface area (Å²) < 4.78 is 28.0. The summed E-state index contributed by atoms with van der Waals surface area (Å²) in [5.41, 5.74) is 1.83. The third-order valence-electron chi connectivity index (χ3n) is 8.86. The first-order valence-electron chi connectivity index (χ1n) is 13.6. The number of aliphatic hydroxyl groups is 1. The van der Waals surface area contributed by atoms with Gasteiger partial charge in [-0.25, -0.2) is 19.3 Å². The Morgan fingerprint density at radius 3 is 2.44 bits per heavy atom. The van der Waals surface area contributed by atoms with E-state index < -0.39 is 29.9 Å². The number of aliphatic hydroxyl groups excluding tert-OH is 1. The molecule has 7 atom stereocenters. The van der Waals surface area contributed by atoms with Crippen molar-refractivity contribution in [3.8, 4) is 0 Å². The summed E-state index contributed by atoms with van der Waals surface area (Å²) >= 11 is 0. The highest BCUT2D eigenvalue weighted by atomic mass is 19.1. The molecule has 0 aromatic carbocycles. The number of carbonyl (C=O) groups excluding carboxylic acids is 1. The molecule has 2 fully saturated rings. The van der Waals surface area contributed by atoms with Gasteiger partial charge in [-0.1, -0.05) is 27.2 Å². The predicted molar refractivity (Wildman–Crippen MR) is 136 cm³/mol. The van der Waals surface area contributed by atoms with Crippen molar-refractivity contribution in [2.24, 2.45) is 34.1 Å². The molecule has 1 heterocycles. The van der Waals surface area contributed by atoms with Gasteiger partial charge in [-0.2, -0.15) is 0 Å². The highest BCUT2D eigenvalue weighted by molar-refractivity contribution is 5.79. The number of carbonyl (C=O) groups is 1. The minimum absolute atomic E-state index is 0.0804. The van der Waals surface area contributed by atoms with Gasteiger partial charge in [0.05, 0.1) is 24.1 Å². The van der Waals surface area contributed by atoms with Crippen molar-refractivity contribution in [2.75, 3.05) is 26.7 Å². The molecule has 0 aromatic rings. The van der Waals surface area contributed by atoms with Gasteiger partial charge in [-0.3, -0.25) is 10.0 Å². The van der Waals surface area contributed by atoms with E-state index in [2.05, 4.69) is 47.2 Å². The van der Waals surface area contributed by atoms with Crippen molar-refractivity contribution in [3.05, 3.63) is 0 Å². The minimum Gasteiger partial charge on any atom is -0.391 e. The van der Waals surface area contributed by atoms with Crippen LogP contribution >= 0.6 is 0 Å². The highest BCUT2D eigenvalue weighted by Crippen LogP contribution is 2.44. The first kappa shape index (κ1) is 29.0. The lowest BCUT2D eigenvalue weighted by Gasteiger charge is -2.49. The van der Waals surface area contributed by atoms with Crippen LogP contribution in [0.15, 0.2) is 4.99 Å². The molecule has 3 rings (SSSR count). The fourth-order valence-electron chi connectivity index (χ4n) is 6.58. The van der Waals surface area contributed by atoms with Crippen LogP contribution in [0.1, 0.15) is 72.1 Å². The molecule has 36 heavy (non-hydrogen) atoms. The zero-order valence-corrected chi connectivity index (χ0v) is 22.3. The van der Waals surface area contributed by atoms with Crippen LogP contribution in [0, 0.1) is 29.1 Å². The second kappa shape index (κ2) is 12.3.